The van der Waals surface area contributed by atoms with Crippen LogP contribution < -0.4 is 15.8 Å². The molecule has 3 aromatic rings. The normalized spacial score (nSPS) is 17.6. The molecule has 3 heterocycles. The molecule has 0 spiro atoms. The van der Waals surface area contributed by atoms with E-state index in [1.54, 1.807) is 16.8 Å². The van der Waals surface area contributed by atoms with Crippen LogP contribution in [-0.2, 0) is 6.54 Å². The first-order valence-corrected chi connectivity index (χ1v) is 10.7. The van der Waals surface area contributed by atoms with Crippen molar-refractivity contribution in [1.82, 2.24) is 14.5 Å². The van der Waals surface area contributed by atoms with E-state index in [9.17, 15) is 4.79 Å². The Morgan fingerprint density at radius 1 is 1.03 bits per heavy atom. The number of nitrogens with one attached hydrogen (secondary N) is 1. The second-order valence-corrected chi connectivity index (χ2v) is 8.51. The standard InChI is InChI=1S/C22H24ClN5O/c23-16-9-12-28(20(29)13-16)14-15-7-10-27(11-8-15)22-21(24-17-5-6-17)25-18-3-1-2-4-19(18)26-22/h1-4,9,12-13,15,17H,5-8,10-11,14H2,(H,24,25). The molecule has 1 aliphatic carbocycles. The van der Waals surface area contributed by atoms with Gasteiger partial charge in [-0.2, -0.15) is 0 Å². The van der Waals surface area contributed by atoms with Crippen molar-refractivity contribution in [2.24, 2.45) is 5.92 Å². The molecule has 0 amide bonds. The van der Waals surface area contributed by atoms with Gasteiger partial charge in [-0.3, -0.25) is 4.79 Å². The smallest absolute Gasteiger partial charge is 0.252 e. The maximum Gasteiger partial charge on any atom is 0.252 e. The molecule has 6 nitrogen and oxygen atoms in total. The van der Waals surface area contributed by atoms with Gasteiger partial charge < -0.3 is 14.8 Å². The molecule has 1 saturated carbocycles. The van der Waals surface area contributed by atoms with Gasteiger partial charge in [0.15, 0.2) is 11.6 Å². The lowest BCUT2D eigenvalue weighted by Gasteiger charge is -2.34. The molecule has 1 aliphatic heterocycles. The highest BCUT2D eigenvalue weighted by Gasteiger charge is 2.27. The van der Waals surface area contributed by atoms with Gasteiger partial charge >= 0.3 is 0 Å². The average molecular weight is 410 g/mol. The monoisotopic (exact) mass is 409 g/mol. The third-order valence-corrected chi connectivity index (χ3v) is 6.03. The summed E-state index contributed by atoms with van der Waals surface area (Å²) in [5.74, 6) is 2.33. The molecule has 2 aliphatic rings. The van der Waals surface area contributed by atoms with Crippen LogP contribution in [0.25, 0.3) is 11.0 Å². The number of nitrogens with zero attached hydrogens (tertiary/aromatic N) is 4. The van der Waals surface area contributed by atoms with Crippen LogP contribution in [0.4, 0.5) is 11.6 Å². The third kappa shape index (κ3) is 4.08. The minimum absolute atomic E-state index is 0.0313. The Morgan fingerprint density at radius 3 is 2.45 bits per heavy atom. The fraction of sp³-hybridized carbons (Fsp3) is 0.409. The lowest BCUT2D eigenvalue weighted by molar-refractivity contribution is 0.352. The third-order valence-electron chi connectivity index (χ3n) is 5.80. The van der Waals surface area contributed by atoms with E-state index in [0.717, 1.165) is 55.1 Å². The van der Waals surface area contributed by atoms with Crippen LogP contribution in [-0.4, -0.2) is 33.7 Å². The highest BCUT2D eigenvalue weighted by Crippen LogP contribution is 2.33. The van der Waals surface area contributed by atoms with Crippen molar-refractivity contribution in [3.8, 4) is 0 Å². The zero-order valence-corrected chi connectivity index (χ0v) is 17.0. The largest absolute Gasteiger partial charge is 0.364 e. The first-order valence-electron chi connectivity index (χ1n) is 10.3. The highest BCUT2D eigenvalue weighted by molar-refractivity contribution is 6.30. The Morgan fingerprint density at radius 2 is 1.76 bits per heavy atom. The summed E-state index contributed by atoms with van der Waals surface area (Å²) < 4.78 is 1.77. The van der Waals surface area contributed by atoms with Gasteiger partial charge in [0.2, 0.25) is 0 Å². The van der Waals surface area contributed by atoms with Gasteiger partial charge in [0.05, 0.1) is 11.0 Å². The molecule has 0 bridgehead atoms. The second-order valence-electron chi connectivity index (χ2n) is 8.07. The predicted molar refractivity (Wildman–Crippen MR) is 117 cm³/mol. The van der Waals surface area contributed by atoms with E-state index < -0.39 is 0 Å². The van der Waals surface area contributed by atoms with Crippen LogP contribution in [0.1, 0.15) is 25.7 Å². The molecule has 5 rings (SSSR count). The Labute approximate surface area is 174 Å². The highest BCUT2D eigenvalue weighted by atomic mass is 35.5. The summed E-state index contributed by atoms with van der Waals surface area (Å²) in [4.78, 5) is 24.3. The Balaban J connectivity index is 1.33. The molecule has 0 atom stereocenters. The molecule has 150 valence electrons. The van der Waals surface area contributed by atoms with Gasteiger partial charge in [0.1, 0.15) is 0 Å². The fourth-order valence-corrected chi connectivity index (χ4v) is 4.12. The zero-order chi connectivity index (χ0) is 19.8. The van der Waals surface area contributed by atoms with Crippen molar-refractivity contribution in [2.75, 3.05) is 23.3 Å². The topological polar surface area (TPSA) is 63.1 Å². The number of anilines is 2. The van der Waals surface area contributed by atoms with Gasteiger partial charge in [0, 0.05) is 43.0 Å². The number of pyridine rings is 1. The number of para-hydroxylation sites is 2. The minimum Gasteiger partial charge on any atom is -0.364 e. The van der Waals surface area contributed by atoms with E-state index >= 15 is 0 Å². The number of aromatic nitrogens is 3. The van der Waals surface area contributed by atoms with Crippen LogP contribution in [0.15, 0.2) is 47.4 Å². The van der Waals surface area contributed by atoms with Gasteiger partial charge in [0.25, 0.3) is 5.56 Å². The first kappa shape index (κ1) is 18.4. The summed E-state index contributed by atoms with van der Waals surface area (Å²) in [6.07, 6.45) is 6.24. The van der Waals surface area contributed by atoms with Crippen LogP contribution >= 0.6 is 11.6 Å². The molecule has 1 N–H and O–H groups in total. The quantitative estimate of drug-likeness (QED) is 0.691. The van der Waals surface area contributed by atoms with E-state index in [1.807, 2.05) is 24.3 Å². The number of fused-ring (bicyclic) bond motifs is 1. The van der Waals surface area contributed by atoms with Crippen LogP contribution in [0.3, 0.4) is 0 Å². The second kappa shape index (κ2) is 7.67. The molecular formula is C22H24ClN5O. The molecule has 0 unspecified atom stereocenters. The first-order chi connectivity index (χ1) is 14.2. The van der Waals surface area contributed by atoms with Crippen molar-refractivity contribution in [3.05, 3.63) is 58.0 Å². The van der Waals surface area contributed by atoms with Crippen molar-refractivity contribution in [1.29, 1.82) is 0 Å². The minimum atomic E-state index is -0.0313. The molecule has 1 saturated heterocycles. The van der Waals surface area contributed by atoms with Crippen molar-refractivity contribution in [3.63, 3.8) is 0 Å². The van der Waals surface area contributed by atoms with Gasteiger partial charge in [-0.1, -0.05) is 23.7 Å². The molecule has 29 heavy (non-hydrogen) atoms. The van der Waals surface area contributed by atoms with Crippen LogP contribution in [0.2, 0.25) is 5.02 Å². The predicted octanol–water partition coefficient (Wildman–Crippen LogP) is 3.94. The number of hydrogen-bond donors (Lipinski definition) is 1. The Bertz CT molecular complexity index is 1090. The van der Waals surface area contributed by atoms with E-state index in [4.69, 9.17) is 21.6 Å². The lowest BCUT2D eigenvalue weighted by Crippen LogP contribution is -2.37. The summed E-state index contributed by atoms with van der Waals surface area (Å²) in [7, 11) is 0. The SMILES string of the molecule is O=c1cc(Cl)ccn1CC1CCN(c2nc3ccccc3nc2NC2CC2)CC1. The number of benzene rings is 1. The van der Waals surface area contributed by atoms with Crippen molar-refractivity contribution in [2.45, 2.75) is 38.3 Å². The van der Waals surface area contributed by atoms with Gasteiger partial charge in [-0.25, -0.2) is 9.97 Å². The summed E-state index contributed by atoms with van der Waals surface area (Å²) >= 11 is 5.90. The van der Waals surface area contributed by atoms with Crippen molar-refractivity contribution < 1.29 is 0 Å². The number of hydrogen-bond acceptors (Lipinski definition) is 5. The molecule has 7 heteroatoms. The van der Waals surface area contributed by atoms with E-state index in [1.165, 1.54) is 18.9 Å². The fourth-order valence-electron chi connectivity index (χ4n) is 3.97. The molecule has 0 radical (unpaired) electrons. The van der Waals surface area contributed by atoms with Gasteiger partial charge in [-0.05, 0) is 49.8 Å². The molecular weight excluding hydrogens is 386 g/mol. The number of piperidine rings is 1. The molecule has 1 aromatic carbocycles. The molecule has 2 aromatic heterocycles. The summed E-state index contributed by atoms with van der Waals surface area (Å²) in [5.41, 5.74) is 1.83. The summed E-state index contributed by atoms with van der Waals surface area (Å²) in [6, 6.07) is 11.8. The van der Waals surface area contributed by atoms with Crippen LogP contribution in [0.5, 0.6) is 0 Å². The summed E-state index contributed by atoms with van der Waals surface area (Å²) in [6.45, 7) is 2.57. The number of rotatable bonds is 5. The maximum absolute atomic E-state index is 12.1. The van der Waals surface area contributed by atoms with Gasteiger partial charge in [-0.15, -0.1) is 0 Å². The summed E-state index contributed by atoms with van der Waals surface area (Å²) in [5, 5.41) is 4.06. The molecule has 2 fully saturated rings. The van der Waals surface area contributed by atoms with E-state index in [2.05, 4.69) is 10.2 Å². The lowest BCUT2D eigenvalue weighted by atomic mass is 9.96. The van der Waals surface area contributed by atoms with Crippen LogP contribution in [0, 0.1) is 5.92 Å². The Hall–Kier alpha value is -2.60. The number of halogens is 1. The maximum atomic E-state index is 12.1. The van der Waals surface area contributed by atoms with Crippen molar-refractivity contribution >= 4 is 34.3 Å². The Kier molecular flexibility index (Phi) is 4.87. The van der Waals surface area contributed by atoms with E-state index in [-0.39, 0.29) is 5.56 Å². The average Bonchev–Trinajstić information content (AvgIpc) is 3.54. The zero-order valence-electron chi connectivity index (χ0n) is 16.2. The van der Waals surface area contributed by atoms with E-state index in [0.29, 0.717) is 17.0 Å².